The van der Waals surface area contributed by atoms with Crippen molar-refractivity contribution in [1.29, 1.82) is 0 Å². The van der Waals surface area contributed by atoms with Crippen LogP contribution in [0.25, 0.3) is 0 Å². The fourth-order valence-electron chi connectivity index (χ4n) is 3.36. The van der Waals surface area contributed by atoms with Gasteiger partial charge in [0.15, 0.2) is 9.84 Å². The van der Waals surface area contributed by atoms with Crippen LogP contribution in [0, 0.1) is 0 Å². The Morgan fingerprint density at radius 1 is 1.03 bits per heavy atom. The topological polar surface area (TPSA) is 69.7 Å². The zero-order valence-electron chi connectivity index (χ0n) is 17.0. The predicted molar refractivity (Wildman–Crippen MR) is 123 cm³/mol. The number of anilines is 2. The van der Waals surface area contributed by atoms with Crippen molar-refractivity contribution in [3.05, 3.63) is 52.0 Å². The summed E-state index contributed by atoms with van der Waals surface area (Å²) in [6, 6.07) is 10.2. The van der Waals surface area contributed by atoms with Gasteiger partial charge >= 0.3 is 0 Å². The second-order valence-electron chi connectivity index (χ2n) is 7.28. The van der Waals surface area contributed by atoms with E-state index >= 15 is 0 Å². The molecule has 9 heteroatoms. The van der Waals surface area contributed by atoms with Gasteiger partial charge in [0.05, 0.1) is 20.5 Å². The van der Waals surface area contributed by atoms with E-state index in [-0.39, 0.29) is 10.8 Å². The minimum absolute atomic E-state index is 0.141. The van der Waals surface area contributed by atoms with Crippen molar-refractivity contribution in [3.8, 4) is 0 Å². The monoisotopic (exact) mass is 469 g/mol. The molecule has 30 heavy (non-hydrogen) atoms. The van der Waals surface area contributed by atoms with Gasteiger partial charge in [0, 0.05) is 50.4 Å². The third-order valence-corrected chi connectivity index (χ3v) is 6.90. The van der Waals surface area contributed by atoms with Gasteiger partial charge in [0.1, 0.15) is 0 Å². The largest absolute Gasteiger partial charge is 0.384 e. The zero-order valence-corrected chi connectivity index (χ0v) is 19.3. The number of benzene rings is 2. The maximum Gasteiger partial charge on any atom is 0.256 e. The SMILES string of the molecule is CCCNc1ccc(S(C)(=O)=O)cc1C(=O)N1CCN(c2ccc(Cl)c(Cl)c2)CC1. The minimum Gasteiger partial charge on any atom is -0.384 e. The van der Waals surface area contributed by atoms with Crippen LogP contribution in [0.4, 0.5) is 11.4 Å². The molecule has 1 heterocycles. The molecule has 1 N–H and O–H groups in total. The highest BCUT2D eigenvalue weighted by Crippen LogP contribution is 2.28. The number of piperazine rings is 1. The highest BCUT2D eigenvalue weighted by molar-refractivity contribution is 7.90. The van der Waals surface area contributed by atoms with Crippen molar-refractivity contribution >= 4 is 50.3 Å². The number of halogens is 2. The number of sulfone groups is 1. The van der Waals surface area contributed by atoms with E-state index in [4.69, 9.17) is 23.2 Å². The van der Waals surface area contributed by atoms with Gasteiger partial charge in [-0.3, -0.25) is 4.79 Å². The van der Waals surface area contributed by atoms with Gasteiger partial charge in [-0.25, -0.2) is 8.42 Å². The Kier molecular flexibility index (Phi) is 7.16. The summed E-state index contributed by atoms with van der Waals surface area (Å²) < 4.78 is 24.0. The van der Waals surface area contributed by atoms with E-state index in [2.05, 4.69) is 10.2 Å². The van der Waals surface area contributed by atoms with Gasteiger partial charge in [-0.1, -0.05) is 30.1 Å². The molecule has 1 amide bonds. The minimum atomic E-state index is -3.41. The summed E-state index contributed by atoms with van der Waals surface area (Å²) in [4.78, 5) is 17.3. The molecule has 1 aliphatic heterocycles. The van der Waals surface area contributed by atoms with Crippen LogP contribution in [0.3, 0.4) is 0 Å². The zero-order chi connectivity index (χ0) is 21.9. The van der Waals surface area contributed by atoms with Crippen LogP contribution in [0.1, 0.15) is 23.7 Å². The number of carbonyl (C=O) groups is 1. The van der Waals surface area contributed by atoms with Crippen molar-refractivity contribution in [2.45, 2.75) is 18.2 Å². The molecule has 0 aromatic heterocycles. The molecule has 2 aromatic rings. The fraction of sp³-hybridized carbons (Fsp3) is 0.381. The van der Waals surface area contributed by atoms with Crippen LogP contribution in [-0.4, -0.2) is 58.2 Å². The Bertz CT molecular complexity index is 1040. The van der Waals surface area contributed by atoms with E-state index in [1.165, 1.54) is 12.1 Å². The molecule has 1 fully saturated rings. The summed E-state index contributed by atoms with van der Waals surface area (Å²) in [6.45, 7) is 5.07. The molecule has 3 rings (SSSR count). The summed E-state index contributed by atoms with van der Waals surface area (Å²) in [7, 11) is -3.41. The number of rotatable bonds is 6. The normalized spacial score (nSPS) is 14.7. The first-order chi connectivity index (χ1) is 14.2. The number of nitrogens with zero attached hydrogens (tertiary/aromatic N) is 2. The third-order valence-electron chi connectivity index (χ3n) is 5.05. The lowest BCUT2D eigenvalue weighted by atomic mass is 10.1. The lowest BCUT2D eigenvalue weighted by Crippen LogP contribution is -2.49. The van der Waals surface area contributed by atoms with Crippen LogP contribution in [-0.2, 0) is 9.84 Å². The Balaban J connectivity index is 1.78. The second kappa shape index (κ2) is 9.45. The number of hydrogen-bond acceptors (Lipinski definition) is 5. The number of carbonyl (C=O) groups excluding carboxylic acids is 1. The van der Waals surface area contributed by atoms with E-state index < -0.39 is 9.84 Å². The molecule has 6 nitrogen and oxygen atoms in total. The highest BCUT2D eigenvalue weighted by Gasteiger charge is 2.25. The molecule has 1 saturated heterocycles. The number of amides is 1. The average Bonchev–Trinajstić information content (AvgIpc) is 2.73. The van der Waals surface area contributed by atoms with Gasteiger partial charge in [-0.05, 0) is 42.8 Å². The first-order valence-electron chi connectivity index (χ1n) is 9.78. The molecule has 0 bridgehead atoms. The third kappa shape index (κ3) is 5.20. The number of hydrogen-bond donors (Lipinski definition) is 1. The maximum atomic E-state index is 13.2. The highest BCUT2D eigenvalue weighted by atomic mass is 35.5. The van der Waals surface area contributed by atoms with Crippen molar-refractivity contribution in [3.63, 3.8) is 0 Å². The molecular weight excluding hydrogens is 445 g/mol. The van der Waals surface area contributed by atoms with E-state index in [1.54, 1.807) is 17.0 Å². The van der Waals surface area contributed by atoms with Gasteiger partial charge in [-0.2, -0.15) is 0 Å². The van der Waals surface area contributed by atoms with Crippen LogP contribution in [0.2, 0.25) is 10.0 Å². The molecule has 0 saturated carbocycles. The first-order valence-corrected chi connectivity index (χ1v) is 12.4. The molecule has 0 radical (unpaired) electrons. The lowest BCUT2D eigenvalue weighted by molar-refractivity contribution is 0.0747. The fourth-order valence-corrected chi connectivity index (χ4v) is 4.30. The molecular formula is C21H25Cl2N3O3S. The molecule has 0 unspecified atom stereocenters. The van der Waals surface area contributed by atoms with Gasteiger partial charge < -0.3 is 15.1 Å². The average molecular weight is 470 g/mol. The molecule has 162 valence electrons. The summed E-state index contributed by atoms with van der Waals surface area (Å²) in [6.07, 6.45) is 2.04. The van der Waals surface area contributed by atoms with E-state index in [9.17, 15) is 13.2 Å². The van der Waals surface area contributed by atoms with Crippen LogP contribution >= 0.6 is 23.2 Å². The number of nitrogens with one attached hydrogen (secondary N) is 1. The summed E-state index contributed by atoms with van der Waals surface area (Å²) in [5, 5.41) is 4.23. The van der Waals surface area contributed by atoms with Crippen molar-refractivity contribution in [1.82, 2.24) is 4.90 Å². The van der Waals surface area contributed by atoms with Crippen molar-refractivity contribution < 1.29 is 13.2 Å². The van der Waals surface area contributed by atoms with Gasteiger partial charge in [0.2, 0.25) is 0 Å². The first kappa shape index (κ1) is 22.7. The van der Waals surface area contributed by atoms with Gasteiger partial charge in [0.25, 0.3) is 5.91 Å². The Labute approximate surface area is 187 Å². The molecule has 2 aromatic carbocycles. The Hall–Kier alpha value is -1.96. The van der Waals surface area contributed by atoms with Crippen molar-refractivity contribution in [2.75, 3.05) is 49.2 Å². The summed E-state index contributed by atoms with van der Waals surface area (Å²) in [5.74, 6) is -0.173. The van der Waals surface area contributed by atoms with Crippen LogP contribution in [0.5, 0.6) is 0 Å². The predicted octanol–water partition coefficient (Wildman–Crippen LogP) is 4.18. The summed E-state index contributed by atoms with van der Waals surface area (Å²) >= 11 is 12.1. The van der Waals surface area contributed by atoms with E-state index in [0.717, 1.165) is 18.4 Å². The second-order valence-corrected chi connectivity index (χ2v) is 10.1. The molecule has 0 atom stereocenters. The Morgan fingerprint density at radius 3 is 2.33 bits per heavy atom. The summed E-state index contributed by atoms with van der Waals surface area (Å²) in [5.41, 5.74) is 2.00. The Morgan fingerprint density at radius 2 is 1.73 bits per heavy atom. The lowest BCUT2D eigenvalue weighted by Gasteiger charge is -2.36. The standard InChI is InChI=1S/C21H25Cl2N3O3S/c1-3-8-24-20-7-5-16(30(2,28)29)14-17(20)21(27)26-11-9-25(10-12-26)15-4-6-18(22)19(23)13-15/h4-7,13-14,24H,3,8-12H2,1-2H3. The molecule has 1 aliphatic rings. The van der Waals surface area contributed by atoms with Gasteiger partial charge in [-0.15, -0.1) is 0 Å². The quantitative estimate of drug-likeness (QED) is 0.686. The van der Waals surface area contributed by atoms with E-state index in [0.29, 0.717) is 54.0 Å². The van der Waals surface area contributed by atoms with E-state index in [1.807, 2.05) is 19.1 Å². The molecule has 0 spiro atoms. The van der Waals surface area contributed by atoms with Crippen LogP contribution in [0.15, 0.2) is 41.3 Å². The smallest absolute Gasteiger partial charge is 0.256 e. The van der Waals surface area contributed by atoms with Crippen LogP contribution < -0.4 is 10.2 Å². The van der Waals surface area contributed by atoms with Crippen molar-refractivity contribution in [2.24, 2.45) is 0 Å². The molecule has 0 aliphatic carbocycles. The maximum absolute atomic E-state index is 13.2.